The molecule has 0 bridgehead atoms. The van der Waals surface area contributed by atoms with Gasteiger partial charge in [0, 0.05) is 0 Å². The smallest absolute Gasteiger partial charge is 0.333 e. The molecule has 98 valence electrons. The van der Waals surface area contributed by atoms with Gasteiger partial charge >= 0.3 is 11.9 Å². The van der Waals surface area contributed by atoms with Crippen LogP contribution >= 0.6 is 0 Å². The molecule has 0 aliphatic carbocycles. The molecule has 0 aliphatic rings. The molecule has 17 heavy (non-hydrogen) atoms. The van der Waals surface area contributed by atoms with Crippen LogP contribution in [-0.4, -0.2) is 46.6 Å². The van der Waals surface area contributed by atoms with E-state index in [1.54, 1.807) is 6.08 Å². The van der Waals surface area contributed by atoms with Crippen molar-refractivity contribution in [1.29, 1.82) is 0 Å². The quantitative estimate of drug-likeness (QED) is 0.450. The van der Waals surface area contributed by atoms with E-state index in [1.807, 2.05) is 6.92 Å². The zero-order valence-corrected chi connectivity index (χ0v) is 9.76. The average Bonchev–Trinajstić information content (AvgIpc) is 2.17. The lowest BCUT2D eigenvalue weighted by Gasteiger charge is -1.97. The van der Waals surface area contributed by atoms with Crippen LogP contribution < -0.4 is 0 Å². The molecule has 0 radical (unpaired) electrons. The van der Waals surface area contributed by atoms with Crippen LogP contribution in [0.1, 0.15) is 13.3 Å². The average molecular weight is 246 g/mol. The second-order valence-electron chi connectivity index (χ2n) is 3.21. The van der Waals surface area contributed by atoms with Gasteiger partial charge in [-0.3, -0.25) is 4.79 Å². The lowest BCUT2D eigenvalue weighted by molar-refractivity contribution is -0.152. The normalized spacial score (nSPS) is 10.7. The number of carboxylic acid groups (broad SMARTS) is 2. The van der Waals surface area contributed by atoms with Crippen molar-refractivity contribution in [2.75, 3.05) is 13.2 Å². The Balaban J connectivity index is 0. The molecule has 0 aliphatic heterocycles. The third-order valence-electron chi connectivity index (χ3n) is 1.24. The maximum absolute atomic E-state index is 9.72. The van der Waals surface area contributed by atoms with Crippen LogP contribution in [0, 0.1) is 0 Å². The zero-order valence-electron chi connectivity index (χ0n) is 9.76. The van der Waals surface area contributed by atoms with Crippen LogP contribution in [-0.2, 0) is 14.3 Å². The second-order valence-corrected chi connectivity index (χ2v) is 3.21. The third-order valence-corrected chi connectivity index (χ3v) is 1.24. The van der Waals surface area contributed by atoms with Crippen molar-refractivity contribution in [2.45, 2.75) is 19.4 Å². The molecule has 0 amide bonds. The molecule has 0 fully saturated rings. The lowest BCUT2D eigenvalue weighted by atomic mass is 10.3. The molecule has 1 atom stereocenters. The van der Waals surface area contributed by atoms with E-state index in [2.05, 4.69) is 13.2 Å². The minimum absolute atomic E-state index is 0.618. The van der Waals surface area contributed by atoms with Gasteiger partial charge in [-0.1, -0.05) is 18.2 Å². The predicted molar refractivity (Wildman–Crippen MR) is 61.7 cm³/mol. The summed E-state index contributed by atoms with van der Waals surface area (Å²) in [6.07, 6.45) is -0.819. The SMILES string of the molecule is C=CCOCC(=C)C.O=C(O)CC(O)C(=O)O. The van der Waals surface area contributed by atoms with Gasteiger partial charge < -0.3 is 20.1 Å². The Labute approximate surface area is 99.8 Å². The summed E-state index contributed by atoms with van der Waals surface area (Å²) in [7, 11) is 0. The van der Waals surface area contributed by atoms with Gasteiger partial charge in [-0.25, -0.2) is 4.79 Å². The molecule has 3 N–H and O–H groups in total. The second kappa shape index (κ2) is 10.8. The van der Waals surface area contributed by atoms with Gasteiger partial charge in [0.2, 0.25) is 0 Å². The summed E-state index contributed by atoms with van der Waals surface area (Å²) >= 11 is 0. The van der Waals surface area contributed by atoms with Crippen molar-refractivity contribution in [2.24, 2.45) is 0 Å². The van der Waals surface area contributed by atoms with Crippen molar-refractivity contribution in [3.8, 4) is 0 Å². The van der Waals surface area contributed by atoms with E-state index in [9.17, 15) is 9.59 Å². The van der Waals surface area contributed by atoms with Gasteiger partial charge in [-0.05, 0) is 6.92 Å². The van der Waals surface area contributed by atoms with Crippen molar-refractivity contribution in [3.63, 3.8) is 0 Å². The Bertz CT molecular complexity index is 271. The summed E-state index contributed by atoms with van der Waals surface area (Å²) < 4.78 is 5.03. The van der Waals surface area contributed by atoms with Crippen molar-refractivity contribution in [1.82, 2.24) is 0 Å². The summed E-state index contributed by atoms with van der Waals surface area (Å²) in [5.74, 6) is -2.85. The number of aliphatic hydroxyl groups is 1. The minimum Gasteiger partial charge on any atom is -0.481 e. The summed E-state index contributed by atoms with van der Waals surface area (Å²) in [5.41, 5.74) is 1.05. The molecule has 0 aromatic rings. The van der Waals surface area contributed by atoms with E-state index < -0.39 is 24.5 Å². The van der Waals surface area contributed by atoms with E-state index in [4.69, 9.17) is 20.1 Å². The molecule has 0 aromatic carbocycles. The first-order valence-corrected chi connectivity index (χ1v) is 4.77. The minimum atomic E-state index is -1.79. The third kappa shape index (κ3) is 17.0. The molecule has 0 saturated carbocycles. The lowest BCUT2D eigenvalue weighted by Crippen LogP contribution is -2.22. The molecular formula is C11H18O6. The number of rotatable bonds is 7. The zero-order chi connectivity index (χ0) is 13.8. The molecule has 0 heterocycles. The van der Waals surface area contributed by atoms with E-state index in [-0.39, 0.29) is 0 Å². The van der Waals surface area contributed by atoms with E-state index in [0.29, 0.717) is 13.2 Å². The molecule has 0 spiro atoms. The van der Waals surface area contributed by atoms with Crippen LogP contribution in [0.2, 0.25) is 0 Å². The fourth-order valence-corrected chi connectivity index (χ4v) is 0.569. The molecule has 1 unspecified atom stereocenters. The number of hydrogen-bond acceptors (Lipinski definition) is 4. The fourth-order valence-electron chi connectivity index (χ4n) is 0.569. The Kier molecular flexibility index (Phi) is 11.3. The molecule has 0 saturated heterocycles. The Hall–Kier alpha value is -1.66. The van der Waals surface area contributed by atoms with Crippen LogP contribution in [0.4, 0.5) is 0 Å². The van der Waals surface area contributed by atoms with Gasteiger partial charge in [0.1, 0.15) is 0 Å². The van der Waals surface area contributed by atoms with E-state index in [1.165, 1.54) is 0 Å². The van der Waals surface area contributed by atoms with Crippen LogP contribution in [0.3, 0.4) is 0 Å². The maximum atomic E-state index is 9.72. The number of aliphatic carboxylic acids is 2. The summed E-state index contributed by atoms with van der Waals surface area (Å²) in [4.78, 5) is 19.4. The maximum Gasteiger partial charge on any atom is 0.333 e. The van der Waals surface area contributed by atoms with Crippen molar-refractivity contribution in [3.05, 3.63) is 24.8 Å². The van der Waals surface area contributed by atoms with Gasteiger partial charge in [-0.2, -0.15) is 0 Å². The van der Waals surface area contributed by atoms with E-state index in [0.717, 1.165) is 5.57 Å². The highest BCUT2D eigenvalue weighted by atomic mass is 16.5. The van der Waals surface area contributed by atoms with Crippen LogP contribution in [0.15, 0.2) is 24.8 Å². The molecule has 0 rings (SSSR count). The molecular weight excluding hydrogens is 228 g/mol. The summed E-state index contributed by atoms with van der Waals surface area (Å²) in [5, 5.41) is 24.1. The monoisotopic (exact) mass is 246 g/mol. The summed E-state index contributed by atoms with van der Waals surface area (Å²) in [6.45, 7) is 10.4. The highest BCUT2D eigenvalue weighted by Crippen LogP contribution is 1.89. The predicted octanol–water partition coefficient (Wildman–Crippen LogP) is 0.672. The first-order valence-electron chi connectivity index (χ1n) is 4.77. The first kappa shape index (κ1) is 17.7. The van der Waals surface area contributed by atoms with Gasteiger partial charge in [0.15, 0.2) is 6.10 Å². The number of hydrogen-bond donors (Lipinski definition) is 3. The number of ether oxygens (including phenoxy) is 1. The van der Waals surface area contributed by atoms with Gasteiger partial charge in [-0.15, -0.1) is 6.58 Å². The molecule has 6 nitrogen and oxygen atoms in total. The topological polar surface area (TPSA) is 104 Å². The van der Waals surface area contributed by atoms with Crippen LogP contribution in [0.25, 0.3) is 0 Å². The fraction of sp³-hybridized carbons (Fsp3) is 0.455. The largest absolute Gasteiger partial charge is 0.481 e. The van der Waals surface area contributed by atoms with E-state index >= 15 is 0 Å². The van der Waals surface area contributed by atoms with Crippen LogP contribution in [0.5, 0.6) is 0 Å². The number of aliphatic hydroxyl groups excluding tert-OH is 1. The summed E-state index contributed by atoms with van der Waals surface area (Å²) in [6, 6.07) is 0. The Morgan fingerprint density at radius 1 is 1.41 bits per heavy atom. The van der Waals surface area contributed by atoms with Crippen molar-refractivity contribution >= 4 is 11.9 Å². The first-order chi connectivity index (χ1) is 7.81. The Morgan fingerprint density at radius 3 is 2.18 bits per heavy atom. The highest BCUT2D eigenvalue weighted by Gasteiger charge is 2.16. The highest BCUT2D eigenvalue weighted by molar-refractivity contribution is 5.79. The van der Waals surface area contributed by atoms with Gasteiger partial charge in [0.05, 0.1) is 19.6 Å². The Morgan fingerprint density at radius 2 is 1.94 bits per heavy atom. The van der Waals surface area contributed by atoms with Gasteiger partial charge in [0.25, 0.3) is 0 Å². The standard InChI is InChI=1S/C7H12O.C4H6O5/c1-4-5-8-6-7(2)3;5-2(4(8)9)1-3(6)7/h4H,1-2,5-6H2,3H3;2,5H,1H2,(H,6,7)(H,8,9). The molecule has 6 heteroatoms. The molecule has 0 aromatic heterocycles. The number of carbonyl (C=O) groups is 2. The number of carboxylic acids is 2. The van der Waals surface area contributed by atoms with Crippen molar-refractivity contribution < 1.29 is 29.6 Å².